The fraction of sp³-hybridized carbons (Fsp3) is 0.273. The van der Waals surface area contributed by atoms with Crippen molar-refractivity contribution in [2.45, 2.75) is 20.8 Å². The first-order valence-electron chi connectivity index (χ1n) is 4.50. The summed E-state index contributed by atoms with van der Waals surface area (Å²) in [4.78, 5) is 0. The number of nitrogen functional groups attached to an aromatic ring is 1. The van der Waals surface area contributed by atoms with Gasteiger partial charge in [0.05, 0.1) is 11.6 Å². The van der Waals surface area contributed by atoms with Gasteiger partial charge >= 0.3 is 0 Å². The summed E-state index contributed by atoms with van der Waals surface area (Å²) in [5, 5.41) is 15.9. The largest absolute Gasteiger partial charge is 0.398 e. The maximum absolute atomic E-state index is 8.53. The molecule has 0 aliphatic rings. The lowest BCUT2D eigenvalue weighted by atomic mass is 10.1. The van der Waals surface area contributed by atoms with Gasteiger partial charge in [-0.25, -0.2) is 0 Å². The summed E-state index contributed by atoms with van der Waals surface area (Å²) in [6.45, 7) is 5.66. The molecule has 0 saturated heterocycles. The summed E-state index contributed by atoms with van der Waals surface area (Å²) in [5.41, 5.74) is 7.72. The van der Waals surface area contributed by atoms with Crippen molar-refractivity contribution in [3.63, 3.8) is 0 Å². The highest BCUT2D eigenvalue weighted by atomic mass is 14.6. The zero-order valence-corrected chi connectivity index (χ0v) is 8.76. The van der Waals surface area contributed by atoms with Crippen LogP contribution in [0.1, 0.15) is 31.9 Å². The molecule has 14 heavy (non-hydrogen) atoms. The lowest BCUT2D eigenvalue weighted by Crippen LogP contribution is -1.99. The quantitative estimate of drug-likeness (QED) is 0.526. The van der Waals surface area contributed by atoms with Crippen molar-refractivity contribution >= 4 is 11.4 Å². The topological polar surface area (TPSA) is 73.7 Å². The molecule has 0 spiro atoms. The number of nitriles is 1. The van der Waals surface area contributed by atoms with Crippen molar-refractivity contribution in [3.8, 4) is 6.07 Å². The number of benzene rings is 1. The Balaban J connectivity index is 0.000000791. The molecule has 0 amide bonds. The first-order chi connectivity index (χ1) is 6.65. The number of rotatable bonds is 1. The van der Waals surface area contributed by atoms with E-state index in [4.69, 9.17) is 16.4 Å². The van der Waals surface area contributed by atoms with Crippen LogP contribution in [0, 0.1) is 16.7 Å². The zero-order valence-electron chi connectivity index (χ0n) is 8.76. The molecule has 1 aromatic carbocycles. The van der Waals surface area contributed by atoms with Crippen molar-refractivity contribution in [1.82, 2.24) is 0 Å². The molecule has 1 rings (SSSR count). The average Bonchev–Trinajstić information content (AvgIpc) is 2.20. The predicted octanol–water partition coefficient (Wildman–Crippen LogP) is 2.55. The van der Waals surface area contributed by atoms with E-state index in [9.17, 15) is 0 Å². The van der Waals surface area contributed by atoms with Crippen LogP contribution < -0.4 is 5.73 Å². The Morgan fingerprint density at radius 1 is 1.43 bits per heavy atom. The van der Waals surface area contributed by atoms with Crippen LogP contribution in [0.15, 0.2) is 18.2 Å². The van der Waals surface area contributed by atoms with Crippen molar-refractivity contribution in [2.24, 2.45) is 0 Å². The van der Waals surface area contributed by atoms with Gasteiger partial charge < -0.3 is 11.1 Å². The van der Waals surface area contributed by atoms with Gasteiger partial charge in [-0.15, -0.1) is 0 Å². The normalized spacial score (nSPS) is 8.14. The molecule has 0 aliphatic carbocycles. The van der Waals surface area contributed by atoms with Crippen molar-refractivity contribution in [3.05, 3.63) is 29.3 Å². The molecule has 0 unspecified atom stereocenters. The lowest BCUT2D eigenvalue weighted by molar-refractivity contribution is 1.44. The third kappa shape index (κ3) is 2.91. The molecule has 0 aliphatic heterocycles. The summed E-state index contributed by atoms with van der Waals surface area (Å²) in [6.07, 6.45) is 0. The molecule has 0 radical (unpaired) electrons. The van der Waals surface area contributed by atoms with Crippen molar-refractivity contribution in [1.29, 1.82) is 10.7 Å². The minimum Gasteiger partial charge on any atom is -0.398 e. The number of nitrogens with one attached hydrogen (secondary N) is 1. The molecular weight excluding hydrogens is 174 g/mol. The maximum atomic E-state index is 8.53. The standard InChI is InChI=1S/C9H9N3.C2H6/c1-6(11)8-3-2-7(5-10)4-9(8)12;1-2/h2-4,11H,12H2,1H3;1-2H3. The molecule has 1 aromatic rings. The van der Waals surface area contributed by atoms with Crippen LogP contribution >= 0.6 is 0 Å². The number of anilines is 1. The number of nitrogens with zero attached hydrogens (tertiary/aromatic N) is 1. The minimum absolute atomic E-state index is 0.414. The van der Waals surface area contributed by atoms with Crippen LogP contribution in [0.3, 0.4) is 0 Å². The second kappa shape index (κ2) is 5.76. The summed E-state index contributed by atoms with van der Waals surface area (Å²) < 4.78 is 0. The highest BCUT2D eigenvalue weighted by molar-refractivity contribution is 6.01. The minimum atomic E-state index is 0.414. The first kappa shape index (κ1) is 12.2. The van der Waals surface area contributed by atoms with Gasteiger partial charge in [-0.05, 0) is 25.1 Å². The van der Waals surface area contributed by atoms with E-state index in [0.717, 1.165) is 0 Å². The second-order valence-corrected chi connectivity index (χ2v) is 2.54. The van der Waals surface area contributed by atoms with Gasteiger partial charge in [-0.3, -0.25) is 0 Å². The van der Waals surface area contributed by atoms with Crippen LogP contribution in [0.2, 0.25) is 0 Å². The fourth-order valence-corrected chi connectivity index (χ4v) is 0.974. The second-order valence-electron chi connectivity index (χ2n) is 2.54. The third-order valence-corrected chi connectivity index (χ3v) is 1.58. The van der Waals surface area contributed by atoms with E-state index in [2.05, 4.69) is 0 Å². The molecule has 0 saturated carbocycles. The Labute approximate surface area is 84.7 Å². The van der Waals surface area contributed by atoms with Crippen LogP contribution in [0.4, 0.5) is 5.69 Å². The van der Waals surface area contributed by atoms with E-state index in [1.807, 2.05) is 19.9 Å². The molecule has 0 fully saturated rings. The van der Waals surface area contributed by atoms with Gasteiger partial charge in [-0.2, -0.15) is 5.26 Å². The fourth-order valence-electron chi connectivity index (χ4n) is 0.974. The molecule has 74 valence electrons. The Morgan fingerprint density at radius 3 is 2.36 bits per heavy atom. The Kier molecular flexibility index (Phi) is 5.01. The van der Waals surface area contributed by atoms with Crippen molar-refractivity contribution < 1.29 is 0 Å². The third-order valence-electron chi connectivity index (χ3n) is 1.58. The van der Waals surface area contributed by atoms with Crippen LogP contribution in [0.5, 0.6) is 0 Å². The molecule has 0 aromatic heterocycles. The maximum Gasteiger partial charge on any atom is 0.0992 e. The van der Waals surface area contributed by atoms with E-state index in [1.54, 1.807) is 25.1 Å². The van der Waals surface area contributed by atoms with Gasteiger partial charge in [0.2, 0.25) is 0 Å². The Bertz CT molecular complexity index is 361. The monoisotopic (exact) mass is 189 g/mol. The smallest absolute Gasteiger partial charge is 0.0992 e. The first-order valence-corrected chi connectivity index (χ1v) is 4.50. The average molecular weight is 189 g/mol. The van der Waals surface area contributed by atoms with E-state index in [1.165, 1.54) is 0 Å². The molecular formula is C11H15N3. The van der Waals surface area contributed by atoms with E-state index in [-0.39, 0.29) is 0 Å². The Hall–Kier alpha value is -1.82. The van der Waals surface area contributed by atoms with Crippen LogP contribution in [-0.2, 0) is 0 Å². The van der Waals surface area contributed by atoms with E-state index >= 15 is 0 Å². The zero-order chi connectivity index (χ0) is 11.1. The van der Waals surface area contributed by atoms with E-state index < -0.39 is 0 Å². The Morgan fingerprint density at radius 2 is 2.00 bits per heavy atom. The molecule has 3 heteroatoms. The number of hydrogen-bond acceptors (Lipinski definition) is 3. The highest BCUT2D eigenvalue weighted by Crippen LogP contribution is 2.13. The molecule has 3 N–H and O–H groups in total. The lowest BCUT2D eigenvalue weighted by Gasteiger charge is -2.02. The van der Waals surface area contributed by atoms with E-state index in [0.29, 0.717) is 22.5 Å². The highest BCUT2D eigenvalue weighted by Gasteiger charge is 2.01. The van der Waals surface area contributed by atoms with Gasteiger partial charge in [0.15, 0.2) is 0 Å². The summed E-state index contributed by atoms with van der Waals surface area (Å²) >= 11 is 0. The molecule has 3 nitrogen and oxygen atoms in total. The predicted molar refractivity (Wildman–Crippen MR) is 59.4 cm³/mol. The van der Waals surface area contributed by atoms with Gasteiger partial charge in [-0.1, -0.05) is 13.8 Å². The summed E-state index contributed by atoms with van der Waals surface area (Å²) in [5.74, 6) is 0. The van der Waals surface area contributed by atoms with Crippen LogP contribution in [0.25, 0.3) is 0 Å². The number of nitrogens with two attached hydrogens (primary N) is 1. The molecule has 0 bridgehead atoms. The van der Waals surface area contributed by atoms with Gasteiger partial charge in [0, 0.05) is 17.0 Å². The number of hydrogen-bond donors (Lipinski definition) is 2. The SMILES string of the molecule is CC.CC(=N)c1ccc(C#N)cc1N. The molecule has 0 atom stereocenters. The van der Waals surface area contributed by atoms with Gasteiger partial charge in [0.1, 0.15) is 0 Å². The summed E-state index contributed by atoms with van der Waals surface area (Å²) in [6, 6.07) is 6.91. The summed E-state index contributed by atoms with van der Waals surface area (Å²) in [7, 11) is 0. The van der Waals surface area contributed by atoms with Crippen LogP contribution in [-0.4, -0.2) is 5.71 Å². The van der Waals surface area contributed by atoms with Crippen molar-refractivity contribution in [2.75, 3.05) is 5.73 Å². The van der Waals surface area contributed by atoms with Gasteiger partial charge in [0.25, 0.3) is 0 Å². The molecule has 0 heterocycles.